The third kappa shape index (κ3) is 3.17. The van der Waals surface area contributed by atoms with Crippen LogP contribution >= 0.6 is 11.6 Å². The fourth-order valence-corrected chi connectivity index (χ4v) is 1.28. The van der Waals surface area contributed by atoms with Crippen molar-refractivity contribution in [2.45, 2.75) is 25.8 Å². The zero-order valence-electron chi connectivity index (χ0n) is 8.94. The average Bonchev–Trinajstić information content (AvgIpc) is 2.17. The summed E-state index contributed by atoms with van der Waals surface area (Å²) >= 11 is 5.64. The van der Waals surface area contributed by atoms with Crippen LogP contribution in [0, 0.1) is 11.3 Å². The minimum Gasteiger partial charge on any atom is -0.352 e. The van der Waals surface area contributed by atoms with E-state index in [1.54, 1.807) is 0 Å². The number of carbonyl (C=O) groups excluding carboxylic acids is 1. The summed E-state index contributed by atoms with van der Waals surface area (Å²) in [4.78, 5) is 19.3. The van der Waals surface area contributed by atoms with E-state index in [9.17, 15) is 4.79 Å². The van der Waals surface area contributed by atoms with Gasteiger partial charge in [-0.2, -0.15) is 5.26 Å². The first-order chi connectivity index (χ1) is 7.54. The minimum absolute atomic E-state index is 0.0320. The summed E-state index contributed by atoms with van der Waals surface area (Å²) in [5.74, 6) is -1.37. The monoisotopic (exact) mass is 238 g/mol. The Morgan fingerprint density at radius 3 is 2.75 bits per heavy atom. The highest BCUT2D eigenvalue weighted by molar-refractivity contribution is 6.29. The van der Waals surface area contributed by atoms with Crippen LogP contribution in [0.1, 0.15) is 25.5 Å². The first-order valence-electron chi connectivity index (χ1n) is 4.72. The lowest BCUT2D eigenvalue weighted by atomic mass is 10.1. The molecule has 0 spiro atoms. The van der Waals surface area contributed by atoms with Crippen molar-refractivity contribution in [3.05, 3.63) is 23.2 Å². The summed E-state index contributed by atoms with van der Waals surface area (Å²) in [6, 6.07) is 1.85. The van der Waals surface area contributed by atoms with Crippen molar-refractivity contribution in [3.63, 3.8) is 0 Å². The first-order valence-corrected chi connectivity index (χ1v) is 5.10. The van der Waals surface area contributed by atoms with Gasteiger partial charge >= 0.3 is 0 Å². The number of carbonyl (C=O) groups is 1. The molecule has 1 aromatic heterocycles. The molecule has 0 aromatic carbocycles. The van der Waals surface area contributed by atoms with Crippen molar-refractivity contribution in [1.29, 1.82) is 5.26 Å². The van der Waals surface area contributed by atoms with Crippen LogP contribution in [0.3, 0.4) is 0 Å². The van der Waals surface area contributed by atoms with E-state index in [0.29, 0.717) is 0 Å². The number of nitrogens with one attached hydrogen (secondary N) is 1. The molecule has 0 aliphatic rings. The zero-order valence-corrected chi connectivity index (χ0v) is 9.69. The van der Waals surface area contributed by atoms with E-state index in [4.69, 9.17) is 16.9 Å². The molecule has 0 saturated heterocycles. The molecule has 84 valence electrons. The molecule has 1 atom stereocenters. The van der Waals surface area contributed by atoms with Gasteiger partial charge in [-0.1, -0.05) is 11.6 Å². The zero-order chi connectivity index (χ0) is 12.1. The smallest absolute Gasteiger partial charge is 0.243 e. The SMILES string of the molecule is CC(C)NC(=O)C(C#N)c1cncc(Cl)n1. The number of nitriles is 1. The Bertz CT molecular complexity index is 427. The van der Waals surface area contributed by atoms with E-state index in [1.807, 2.05) is 19.9 Å². The largest absolute Gasteiger partial charge is 0.352 e. The Labute approximate surface area is 98.5 Å². The van der Waals surface area contributed by atoms with Crippen LogP contribution in [-0.4, -0.2) is 21.9 Å². The predicted molar refractivity (Wildman–Crippen MR) is 58.7 cm³/mol. The number of hydrogen-bond acceptors (Lipinski definition) is 4. The first kappa shape index (κ1) is 12.4. The number of nitrogens with zero attached hydrogens (tertiary/aromatic N) is 3. The topological polar surface area (TPSA) is 78.7 Å². The third-order valence-electron chi connectivity index (χ3n) is 1.74. The highest BCUT2D eigenvalue weighted by atomic mass is 35.5. The number of aromatic nitrogens is 2. The van der Waals surface area contributed by atoms with Gasteiger partial charge in [-0.3, -0.25) is 9.78 Å². The molecule has 16 heavy (non-hydrogen) atoms. The van der Waals surface area contributed by atoms with Crippen molar-refractivity contribution in [2.24, 2.45) is 0 Å². The third-order valence-corrected chi connectivity index (χ3v) is 1.92. The van der Waals surface area contributed by atoms with Gasteiger partial charge in [-0.05, 0) is 13.8 Å². The van der Waals surface area contributed by atoms with Crippen molar-refractivity contribution in [3.8, 4) is 6.07 Å². The lowest BCUT2D eigenvalue weighted by Crippen LogP contribution is -2.34. The van der Waals surface area contributed by atoms with Crippen LogP contribution < -0.4 is 5.32 Å². The Kier molecular flexibility index (Phi) is 4.20. The molecule has 0 saturated carbocycles. The van der Waals surface area contributed by atoms with Gasteiger partial charge in [0.15, 0.2) is 5.92 Å². The van der Waals surface area contributed by atoms with Crippen LogP contribution in [-0.2, 0) is 4.79 Å². The van der Waals surface area contributed by atoms with Crippen LogP contribution in [0.4, 0.5) is 0 Å². The quantitative estimate of drug-likeness (QED) is 0.860. The molecule has 1 heterocycles. The fourth-order valence-electron chi connectivity index (χ4n) is 1.12. The molecular formula is C10H11ClN4O. The van der Waals surface area contributed by atoms with E-state index in [-0.39, 0.29) is 16.9 Å². The molecule has 0 radical (unpaired) electrons. The highest BCUT2D eigenvalue weighted by Gasteiger charge is 2.22. The molecule has 1 unspecified atom stereocenters. The van der Waals surface area contributed by atoms with Crippen LogP contribution in [0.15, 0.2) is 12.4 Å². The van der Waals surface area contributed by atoms with Crippen LogP contribution in [0.2, 0.25) is 5.15 Å². The average molecular weight is 239 g/mol. The number of halogens is 1. The predicted octanol–water partition coefficient (Wildman–Crippen LogP) is 1.26. The lowest BCUT2D eigenvalue weighted by molar-refractivity contribution is -0.121. The summed E-state index contributed by atoms with van der Waals surface area (Å²) in [5.41, 5.74) is 0.258. The molecule has 1 rings (SSSR count). The fraction of sp³-hybridized carbons (Fsp3) is 0.400. The van der Waals surface area contributed by atoms with Gasteiger partial charge in [0.25, 0.3) is 0 Å². The lowest BCUT2D eigenvalue weighted by Gasteiger charge is -2.11. The highest BCUT2D eigenvalue weighted by Crippen LogP contribution is 2.14. The van der Waals surface area contributed by atoms with Crippen molar-refractivity contribution in [2.75, 3.05) is 0 Å². The molecule has 5 nitrogen and oxygen atoms in total. The van der Waals surface area contributed by atoms with E-state index in [2.05, 4.69) is 15.3 Å². The summed E-state index contributed by atoms with van der Waals surface area (Å²) in [7, 11) is 0. The number of rotatable bonds is 3. The van der Waals surface area contributed by atoms with Gasteiger partial charge in [0.1, 0.15) is 5.15 Å². The molecule has 6 heteroatoms. The Morgan fingerprint density at radius 1 is 1.56 bits per heavy atom. The molecule has 1 amide bonds. The van der Waals surface area contributed by atoms with E-state index < -0.39 is 11.8 Å². The van der Waals surface area contributed by atoms with E-state index in [0.717, 1.165) is 0 Å². The summed E-state index contributed by atoms with van der Waals surface area (Å²) in [5, 5.41) is 11.7. The second kappa shape index (κ2) is 5.42. The van der Waals surface area contributed by atoms with E-state index >= 15 is 0 Å². The van der Waals surface area contributed by atoms with Gasteiger partial charge in [0, 0.05) is 6.04 Å². The van der Waals surface area contributed by atoms with Gasteiger partial charge in [0.05, 0.1) is 24.2 Å². The maximum atomic E-state index is 11.7. The maximum absolute atomic E-state index is 11.7. The molecular weight excluding hydrogens is 228 g/mol. The molecule has 0 aliphatic heterocycles. The van der Waals surface area contributed by atoms with Crippen LogP contribution in [0.5, 0.6) is 0 Å². The van der Waals surface area contributed by atoms with Gasteiger partial charge in [-0.25, -0.2) is 4.98 Å². The Balaban J connectivity index is 2.91. The van der Waals surface area contributed by atoms with E-state index in [1.165, 1.54) is 12.4 Å². The summed E-state index contributed by atoms with van der Waals surface area (Å²) in [6.07, 6.45) is 2.71. The van der Waals surface area contributed by atoms with Gasteiger partial charge in [0.2, 0.25) is 5.91 Å². The van der Waals surface area contributed by atoms with Crippen LogP contribution in [0.25, 0.3) is 0 Å². The number of amides is 1. The van der Waals surface area contributed by atoms with Crippen molar-refractivity contribution in [1.82, 2.24) is 15.3 Å². The minimum atomic E-state index is -0.978. The molecule has 1 aromatic rings. The van der Waals surface area contributed by atoms with Crippen molar-refractivity contribution >= 4 is 17.5 Å². The number of hydrogen-bond donors (Lipinski definition) is 1. The molecule has 0 fully saturated rings. The van der Waals surface area contributed by atoms with Gasteiger partial charge in [-0.15, -0.1) is 0 Å². The molecule has 0 bridgehead atoms. The normalized spacial score (nSPS) is 11.9. The molecule has 1 N–H and O–H groups in total. The molecule has 0 aliphatic carbocycles. The Hall–Kier alpha value is -1.67. The second-order valence-electron chi connectivity index (χ2n) is 3.49. The van der Waals surface area contributed by atoms with Gasteiger partial charge < -0.3 is 5.32 Å². The summed E-state index contributed by atoms with van der Waals surface area (Å²) < 4.78 is 0. The second-order valence-corrected chi connectivity index (χ2v) is 3.88. The summed E-state index contributed by atoms with van der Waals surface area (Å²) in [6.45, 7) is 3.63. The maximum Gasteiger partial charge on any atom is 0.243 e. The van der Waals surface area contributed by atoms with Crippen molar-refractivity contribution < 1.29 is 4.79 Å². The Morgan fingerprint density at radius 2 is 2.25 bits per heavy atom. The standard InChI is InChI=1S/C10H11ClN4O/c1-6(2)14-10(16)7(3-12)8-4-13-5-9(11)15-8/h4-7H,1-2H3,(H,14,16).